The lowest BCUT2D eigenvalue weighted by molar-refractivity contribution is -0.152. The molecule has 0 aromatic carbocycles. The van der Waals surface area contributed by atoms with E-state index in [9.17, 15) is 9.59 Å². The molecule has 1 aliphatic heterocycles. The van der Waals surface area contributed by atoms with Crippen molar-refractivity contribution in [1.29, 1.82) is 0 Å². The van der Waals surface area contributed by atoms with E-state index in [-0.39, 0.29) is 18.4 Å². The predicted octanol–water partition coefficient (Wildman–Crippen LogP) is -1.47. The highest BCUT2D eigenvalue weighted by Crippen LogP contribution is 2.08. The lowest BCUT2D eigenvalue weighted by Gasteiger charge is -2.34. The minimum atomic E-state index is -0.457. The molecule has 0 aromatic heterocycles. The first-order valence-corrected chi connectivity index (χ1v) is 6.43. The summed E-state index contributed by atoms with van der Waals surface area (Å²) in [6.45, 7) is 4.59. The number of amides is 1. The van der Waals surface area contributed by atoms with Gasteiger partial charge in [-0.2, -0.15) is 0 Å². The van der Waals surface area contributed by atoms with Crippen LogP contribution < -0.4 is 16.7 Å². The summed E-state index contributed by atoms with van der Waals surface area (Å²) >= 11 is 0. The standard InChI is InChI=1S/C11H22N4O4/c1-2-4-13-11(17)9-8-18-7-6-15(9)5-3-10(16)19-14-12/h9,14H,2-8,12H2,1H3,(H,13,17). The van der Waals surface area contributed by atoms with Gasteiger partial charge < -0.3 is 14.9 Å². The second-order valence-corrected chi connectivity index (χ2v) is 4.26. The quantitative estimate of drug-likeness (QED) is 0.384. The number of hydrogen-bond donors (Lipinski definition) is 3. The van der Waals surface area contributed by atoms with Gasteiger partial charge in [0.1, 0.15) is 6.04 Å². The Hall–Kier alpha value is -1.22. The summed E-state index contributed by atoms with van der Waals surface area (Å²) in [6.07, 6.45) is 1.05. The lowest BCUT2D eigenvalue weighted by Crippen LogP contribution is -2.54. The maximum Gasteiger partial charge on any atom is 0.327 e. The molecule has 1 heterocycles. The van der Waals surface area contributed by atoms with E-state index >= 15 is 0 Å². The Morgan fingerprint density at radius 3 is 3.00 bits per heavy atom. The first-order valence-electron chi connectivity index (χ1n) is 6.43. The van der Waals surface area contributed by atoms with Crippen LogP contribution >= 0.6 is 0 Å². The number of hydrazine groups is 1. The van der Waals surface area contributed by atoms with E-state index in [0.29, 0.717) is 32.8 Å². The lowest BCUT2D eigenvalue weighted by atomic mass is 10.2. The summed E-state index contributed by atoms with van der Waals surface area (Å²) in [7, 11) is 0. The predicted molar refractivity (Wildman–Crippen MR) is 67.5 cm³/mol. The van der Waals surface area contributed by atoms with Crippen LogP contribution in [0.15, 0.2) is 0 Å². The Kier molecular flexibility index (Phi) is 7.34. The fraction of sp³-hybridized carbons (Fsp3) is 0.818. The van der Waals surface area contributed by atoms with E-state index in [1.807, 2.05) is 17.4 Å². The highest BCUT2D eigenvalue weighted by molar-refractivity contribution is 5.82. The van der Waals surface area contributed by atoms with Gasteiger partial charge in [-0.1, -0.05) is 12.5 Å². The Bertz CT molecular complexity index is 300. The molecule has 0 saturated carbocycles. The van der Waals surface area contributed by atoms with Gasteiger partial charge in [-0.05, 0) is 6.42 Å². The smallest absolute Gasteiger partial charge is 0.327 e. The van der Waals surface area contributed by atoms with Crippen LogP contribution in [0.4, 0.5) is 0 Å². The summed E-state index contributed by atoms with van der Waals surface area (Å²) in [6, 6.07) is -0.348. The minimum Gasteiger partial charge on any atom is -0.378 e. The average molecular weight is 274 g/mol. The van der Waals surface area contributed by atoms with Crippen LogP contribution in [-0.2, 0) is 19.2 Å². The van der Waals surface area contributed by atoms with E-state index in [2.05, 4.69) is 10.2 Å². The third-order valence-corrected chi connectivity index (χ3v) is 2.87. The number of ether oxygens (including phenoxy) is 1. The Labute approximate surface area is 112 Å². The normalized spacial score (nSPS) is 20.0. The molecule has 0 radical (unpaired) electrons. The number of rotatable bonds is 7. The Morgan fingerprint density at radius 1 is 1.53 bits per heavy atom. The summed E-state index contributed by atoms with van der Waals surface area (Å²) in [5.41, 5.74) is 1.85. The average Bonchev–Trinajstić information content (AvgIpc) is 2.43. The molecule has 1 unspecified atom stereocenters. The molecular formula is C11H22N4O4. The van der Waals surface area contributed by atoms with Crippen LogP contribution in [0.25, 0.3) is 0 Å². The first-order chi connectivity index (χ1) is 9.19. The number of carbonyl (C=O) groups is 2. The number of nitrogens with one attached hydrogen (secondary N) is 2. The van der Waals surface area contributed by atoms with E-state index < -0.39 is 5.97 Å². The topological polar surface area (TPSA) is 106 Å². The molecular weight excluding hydrogens is 252 g/mol. The number of nitrogens with two attached hydrogens (primary N) is 1. The minimum absolute atomic E-state index is 0.0631. The van der Waals surface area contributed by atoms with Gasteiger partial charge in [-0.15, -0.1) is 0 Å². The van der Waals surface area contributed by atoms with Gasteiger partial charge in [0.2, 0.25) is 5.91 Å². The summed E-state index contributed by atoms with van der Waals surface area (Å²) in [5, 5.41) is 2.84. The van der Waals surface area contributed by atoms with E-state index in [0.717, 1.165) is 6.42 Å². The molecule has 1 atom stereocenters. The molecule has 0 spiro atoms. The molecule has 1 rings (SSSR count). The van der Waals surface area contributed by atoms with Crippen molar-refractivity contribution in [3.63, 3.8) is 0 Å². The molecule has 0 aliphatic carbocycles. The van der Waals surface area contributed by atoms with Crippen LogP contribution in [0.5, 0.6) is 0 Å². The maximum absolute atomic E-state index is 12.0. The molecule has 110 valence electrons. The fourth-order valence-electron chi connectivity index (χ4n) is 1.86. The highest BCUT2D eigenvalue weighted by atomic mass is 16.7. The van der Waals surface area contributed by atoms with Crippen LogP contribution in [-0.4, -0.2) is 55.7 Å². The molecule has 4 N–H and O–H groups in total. The van der Waals surface area contributed by atoms with Crippen molar-refractivity contribution in [2.45, 2.75) is 25.8 Å². The molecule has 0 aromatic rings. The molecule has 8 nitrogen and oxygen atoms in total. The van der Waals surface area contributed by atoms with E-state index in [1.165, 1.54) is 0 Å². The van der Waals surface area contributed by atoms with Gasteiger partial charge in [0.15, 0.2) is 0 Å². The van der Waals surface area contributed by atoms with Crippen molar-refractivity contribution in [1.82, 2.24) is 15.8 Å². The molecule has 19 heavy (non-hydrogen) atoms. The number of nitrogens with zero attached hydrogens (tertiary/aromatic N) is 1. The largest absolute Gasteiger partial charge is 0.378 e. The number of carbonyl (C=O) groups excluding carboxylic acids is 2. The zero-order chi connectivity index (χ0) is 14.1. The second-order valence-electron chi connectivity index (χ2n) is 4.26. The van der Waals surface area contributed by atoms with Crippen molar-refractivity contribution in [2.24, 2.45) is 5.84 Å². The maximum atomic E-state index is 12.0. The van der Waals surface area contributed by atoms with Gasteiger partial charge in [0, 0.05) is 19.6 Å². The van der Waals surface area contributed by atoms with Crippen LogP contribution in [0.2, 0.25) is 0 Å². The highest BCUT2D eigenvalue weighted by Gasteiger charge is 2.29. The van der Waals surface area contributed by atoms with Crippen molar-refractivity contribution in [3.8, 4) is 0 Å². The van der Waals surface area contributed by atoms with Crippen molar-refractivity contribution < 1.29 is 19.2 Å². The molecule has 1 saturated heterocycles. The van der Waals surface area contributed by atoms with E-state index in [4.69, 9.17) is 10.6 Å². The van der Waals surface area contributed by atoms with Crippen molar-refractivity contribution >= 4 is 11.9 Å². The fourth-order valence-corrected chi connectivity index (χ4v) is 1.86. The molecule has 1 aliphatic rings. The van der Waals surface area contributed by atoms with Gasteiger partial charge in [0.05, 0.1) is 19.6 Å². The second kappa shape index (κ2) is 8.81. The SMILES string of the molecule is CCCNC(=O)C1COCCN1CCC(=O)ONN. The van der Waals surface area contributed by atoms with Crippen molar-refractivity contribution in [2.75, 3.05) is 32.8 Å². The first kappa shape index (κ1) is 15.8. The van der Waals surface area contributed by atoms with Gasteiger partial charge in [0.25, 0.3) is 0 Å². The third-order valence-electron chi connectivity index (χ3n) is 2.87. The number of hydrogen-bond acceptors (Lipinski definition) is 7. The summed E-state index contributed by atoms with van der Waals surface area (Å²) in [5.74, 6) is 4.36. The van der Waals surface area contributed by atoms with Gasteiger partial charge >= 0.3 is 5.97 Å². The summed E-state index contributed by atoms with van der Waals surface area (Å²) < 4.78 is 5.32. The Balaban J connectivity index is 2.43. The molecule has 1 fully saturated rings. The molecule has 0 bridgehead atoms. The zero-order valence-corrected chi connectivity index (χ0v) is 11.2. The third kappa shape index (κ3) is 5.52. The van der Waals surface area contributed by atoms with Crippen molar-refractivity contribution in [3.05, 3.63) is 0 Å². The Morgan fingerprint density at radius 2 is 2.32 bits per heavy atom. The zero-order valence-electron chi connectivity index (χ0n) is 11.2. The molecule has 8 heteroatoms. The van der Waals surface area contributed by atoms with Crippen LogP contribution in [0.3, 0.4) is 0 Å². The summed E-state index contributed by atoms with van der Waals surface area (Å²) in [4.78, 5) is 29.5. The van der Waals surface area contributed by atoms with Crippen LogP contribution in [0.1, 0.15) is 19.8 Å². The van der Waals surface area contributed by atoms with Crippen LogP contribution in [0, 0.1) is 0 Å². The van der Waals surface area contributed by atoms with Gasteiger partial charge in [-0.3, -0.25) is 14.5 Å². The number of morpholine rings is 1. The van der Waals surface area contributed by atoms with E-state index in [1.54, 1.807) is 0 Å². The molecule has 1 amide bonds. The monoisotopic (exact) mass is 274 g/mol. The van der Waals surface area contributed by atoms with Gasteiger partial charge in [-0.25, -0.2) is 5.84 Å².